The Morgan fingerprint density at radius 3 is 2.64 bits per heavy atom. The maximum absolute atomic E-state index is 10.0. The van der Waals surface area contributed by atoms with Crippen LogP contribution in [-0.4, -0.2) is 25.9 Å². The van der Waals surface area contributed by atoms with Crippen molar-refractivity contribution in [1.82, 2.24) is 0 Å². The summed E-state index contributed by atoms with van der Waals surface area (Å²) in [6, 6.07) is 7.34. The van der Waals surface area contributed by atoms with Gasteiger partial charge in [-0.05, 0) is 24.6 Å². The molecule has 1 N–H and O–H groups in total. The van der Waals surface area contributed by atoms with Crippen LogP contribution in [0.25, 0.3) is 0 Å². The molecule has 3 heteroatoms. The van der Waals surface area contributed by atoms with E-state index in [1.54, 1.807) is 27.2 Å². The van der Waals surface area contributed by atoms with E-state index in [1.165, 1.54) is 0 Å². The minimum absolute atomic E-state index is 0.264. The molecular formula is C11H16O3. The van der Waals surface area contributed by atoms with Crippen LogP contribution in [0.3, 0.4) is 0 Å². The van der Waals surface area contributed by atoms with Crippen LogP contribution >= 0.6 is 0 Å². The van der Waals surface area contributed by atoms with Crippen LogP contribution in [0.4, 0.5) is 0 Å². The van der Waals surface area contributed by atoms with Crippen LogP contribution in [0.1, 0.15) is 12.5 Å². The zero-order valence-corrected chi connectivity index (χ0v) is 8.78. The summed E-state index contributed by atoms with van der Waals surface area (Å²) in [7, 11) is 3.17. The van der Waals surface area contributed by atoms with Crippen molar-refractivity contribution < 1.29 is 14.6 Å². The molecule has 78 valence electrons. The van der Waals surface area contributed by atoms with Crippen LogP contribution in [0.5, 0.6) is 5.75 Å². The molecule has 14 heavy (non-hydrogen) atoms. The van der Waals surface area contributed by atoms with E-state index in [-0.39, 0.29) is 6.61 Å². The lowest BCUT2D eigenvalue weighted by atomic mass is 9.97. The van der Waals surface area contributed by atoms with Crippen molar-refractivity contribution in [2.24, 2.45) is 0 Å². The molecule has 1 aromatic carbocycles. The molecule has 0 amide bonds. The molecule has 0 aliphatic rings. The highest BCUT2D eigenvalue weighted by molar-refractivity contribution is 5.31. The Hall–Kier alpha value is -1.06. The Morgan fingerprint density at radius 1 is 1.36 bits per heavy atom. The molecule has 0 fully saturated rings. The Morgan fingerprint density at radius 2 is 2.07 bits per heavy atom. The number of hydrogen-bond donors (Lipinski definition) is 1. The molecule has 1 aromatic rings. The van der Waals surface area contributed by atoms with Gasteiger partial charge in [-0.1, -0.05) is 12.1 Å². The SMILES string of the molecule is COCC(C)(O)c1cccc(OC)c1. The number of rotatable bonds is 4. The summed E-state index contributed by atoms with van der Waals surface area (Å²) < 4.78 is 10.0. The molecule has 0 saturated heterocycles. The van der Waals surface area contributed by atoms with Gasteiger partial charge in [0.15, 0.2) is 0 Å². The molecule has 0 radical (unpaired) electrons. The van der Waals surface area contributed by atoms with Gasteiger partial charge in [0.05, 0.1) is 13.7 Å². The van der Waals surface area contributed by atoms with Crippen LogP contribution in [0.15, 0.2) is 24.3 Å². The first-order chi connectivity index (χ1) is 6.60. The van der Waals surface area contributed by atoms with Crippen molar-refractivity contribution in [3.63, 3.8) is 0 Å². The van der Waals surface area contributed by atoms with Gasteiger partial charge in [0.2, 0.25) is 0 Å². The Balaban J connectivity index is 2.93. The summed E-state index contributed by atoms with van der Waals surface area (Å²) in [5.41, 5.74) is -0.178. The third-order valence-electron chi connectivity index (χ3n) is 2.12. The van der Waals surface area contributed by atoms with Gasteiger partial charge in [-0.15, -0.1) is 0 Å². The second-order valence-electron chi connectivity index (χ2n) is 3.44. The fraction of sp³-hybridized carbons (Fsp3) is 0.455. The highest BCUT2D eigenvalue weighted by Crippen LogP contribution is 2.24. The lowest BCUT2D eigenvalue weighted by Crippen LogP contribution is -2.27. The summed E-state index contributed by atoms with van der Waals surface area (Å²) in [4.78, 5) is 0. The van der Waals surface area contributed by atoms with Crippen molar-refractivity contribution in [1.29, 1.82) is 0 Å². The summed E-state index contributed by atoms with van der Waals surface area (Å²) in [6.45, 7) is 1.98. The Bertz CT molecular complexity index is 294. The molecule has 0 bridgehead atoms. The predicted octanol–water partition coefficient (Wildman–Crippen LogP) is 1.55. The molecule has 0 aromatic heterocycles. The van der Waals surface area contributed by atoms with E-state index in [4.69, 9.17) is 9.47 Å². The molecule has 0 heterocycles. The summed E-state index contributed by atoms with van der Waals surface area (Å²) in [6.07, 6.45) is 0. The van der Waals surface area contributed by atoms with Crippen molar-refractivity contribution >= 4 is 0 Å². The van der Waals surface area contributed by atoms with E-state index in [0.29, 0.717) is 0 Å². The molecule has 3 nitrogen and oxygen atoms in total. The molecule has 1 atom stereocenters. The molecule has 0 aliphatic carbocycles. The van der Waals surface area contributed by atoms with Gasteiger partial charge in [0.1, 0.15) is 11.4 Å². The van der Waals surface area contributed by atoms with Crippen molar-refractivity contribution in [3.05, 3.63) is 29.8 Å². The normalized spacial score (nSPS) is 14.9. The first-order valence-corrected chi connectivity index (χ1v) is 4.46. The van der Waals surface area contributed by atoms with Gasteiger partial charge < -0.3 is 14.6 Å². The van der Waals surface area contributed by atoms with Gasteiger partial charge in [0.25, 0.3) is 0 Å². The fourth-order valence-electron chi connectivity index (χ4n) is 1.32. The lowest BCUT2D eigenvalue weighted by molar-refractivity contribution is -0.0209. The topological polar surface area (TPSA) is 38.7 Å². The van der Waals surface area contributed by atoms with E-state index in [9.17, 15) is 5.11 Å². The highest BCUT2D eigenvalue weighted by atomic mass is 16.5. The van der Waals surface area contributed by atoms with Gasteiger partial charge in [-0.2, -0.15) is 0 Å². The number of hydrogen-bond acceptors (Lipinski definition) is 3. The first kappa shape index (κ1) is 11.0. The van der Waals surface area contributed by atoms with Crippen LogP contribution in [0, 0.1) is 0 Å². The van der Waals surface area contributed by atoms with Crippen molar-refractivity contribution in [2.75, 3.05) is 20.8 Å². The zero-order valence-electron chi connectivity index (χ0n) is 8.78. The van der Waals surface area contributed by atoms with Crippen LogP contribution in [0.2, 0.25) is 0 Å². The molecule has 0 aliphatic heterocycles. The van der Waals surface area contributed by atoms with E-state index in [0.717, 1.165) is 11.3 Å². The largest absolute Gasteiger partial charge is 0.497 e. The molecule has 1 rings (SSSR count). The first-order valence-electron chi connectivity index (χ1n) is 4.46. The quantitative estimate of drug-likeness (QED) is 0.794. The number of methoxy groups -OCH3 is 2. The average molecular weight is 196 g/mol. The summed E-state index contributed by atoms with van der Waals surface area (Å²) in [5, 5.41) is 10.0. The van der Waals surface area contributed by atoms with Crippen LogP contribution < -0.4 is 4.74 Å². The molecular weight excluding hydrogens is 180 g/mol. The minimum atomic E-state index is -0.969. The van der Waals surface area contributed by atoms with Gasteiger partial charge >= 0.3 is 0 Å². The predicted molar refractivity (Wildman–Crippen MR) is 54.4 cm³/mol. The minimum Gasteiger partial charge on any atom is -0.497 e. The maximum Gasteiger partial charge on any atom is 0.119 e. The standard InChI is InChI=1S/C11H16O3/c1-11(12,8-13-2)9-5-4-6-10(7-9)14-3/h4-7,12H,8H2,1-3H3. The molecule has 0 saturated carbocycles. The van der Waals surface area contributed by atoms with E-state index in [1.807, 2.05) is 18.2 Å². The molecule has 0 spiro atoms. The van der Waals surface area contributed by atoms with Gasteiger partial charge in [-0.25, -0.2) is 0 Å². The Kier molecular flexibility index (Phi) is 3.49. The average Bonchev–Trinajstić information content (AvgIpc) is 2.18. The monoisotopic (exact) mass is 196 g/mol. The Labute approximate surface area is 84.3 Å². The number of ether oxygens (including phenoxy) is 2. The number of benzene rings is 1. The van der Waals surface area contributed by atoms with E-state index < -0.39 is 5.60 Å². The zero-order chi connectivity index (χ0) is 10.6. The van der Waals surface area contributed by atoms with Crippen molar-refractivity contribution in [3.8, 4) is 5.75 Å². The van der Waals surface area contributed by atoms with Gasteiger partial charge in [0, 0.05) is 7.11 Å². The smallest absolute Gasteiger partial charge is 0.119 e. The van der Waals surface area contributed by atoms with Gasteiger partial charge in [-0.3, -0.25) is 0 Å². The summed E-state index contributed by atoms with van der Waals surface area (Å²) in [5.74, 6) is 0.735. The van der Waals surface area contributed by atoms with Crippen molar-refractivity contribution in [2.45, 2.75) is 12.5 Å². The van der Waals surface area contributed by atoms with E-state index in [2.05, 4.69) is 0 Å². The van der Waals surface area contributed by atoms with E-state index >= 15 is 0 Å². The third-order valence-corrected chi connectivity index (χ3v) is 2.12. The number of aliphatic hydroxyl groups is 1. The lowest BCUT2D eigenvalue weighted by Gasteiger charge is -2.23. The second kappa shape index (κ2) is 4.44. The maximum atomic E-state index is 10.0. The highest BCUT2D eigenvalue weighted by Gasteiger charge is 2.22. The summed E-state index contributed by atoms with van der Waals surface area (Å²) >= 11 is 0. The van der Waals surface area contributed by atoms with Crippen LogP contribution in [-0.2, 0) is 10.3 Å². The third kappa shape index (κ3) is 2.47. The fourth-order valence-corrected chi connectivity index (χ4v) is 1.32. The second-order valence-corrected chi connectivity index (χ2v) is 3.44. The molecule has 1 unspecified atom stereocenters.